The molecule has 2 heterocycles. The van der Waals surface area contributed by atoms with Crippen LogP contribution < -0.4 is 5.32 Å². The molecule has 7 nitrogen and oxygen atoms in total. The zero-order chi connectivity index (χ0) is 22.4. The summed E-state index contributed by atoms with van der Waals surface area (Å²) in [5, 5.41) is 7.54. The van der Waals surface area contributed by atoms with Gasteiger partial charge in [0.25, 0.3) is 0 Å². The van der Waals surface area contributed by atoms with Gasteiger partial charge in [-0.3, -0.25) is 9.67 Å². The van der Waals surface area contributed by atoms with E-state index in [0.29, 0.717) is 6.54 Å². The number of ether oxygens (including phenoxy) is 1. The third-order valence-electron chi connectivity index (χ3n) is 5.05. The summed E-state index contributed by atoms with van der Waals surface area (Å²) in [6.45, 7) is 11.2. The Labute approximate surface area is 184 Å². The molecule has 0 radical (unpaired) electrons. The molecule has 0 spiro atoms. The van der Waals surface area contributed by atoms with E-state index in [0.717, 1.165) is 65.9 Å². The SMILES string of the molecule is Cc1nn(CCCCCCNC(=O)OC(C)(C)C)c(C)c1-c1cnc2ccccc2n1. The number of benzene rings is 1. The van der Waals surface area contributed by atoms with Gasteiger partial charge < -0.3 is 10.1 Å². The van der Waals surface area contributed by atoms with Crippen LogP contribution in [0.15, 0.2) is 30.5 Å². The van der Waals surface area contributed by atoms with Crippen molar-refractivity contribution in [2.75, 3.05) is 6.54 Å². The molecule has 0 saturated carbocycles. The van der Waals surface area contributed by atoms with Crippen LogP contribution >= 0.6 is 0 Å². The van der Waals surface area contributed by atoms with Crippen molar-refractivity contribution in [1.82, 2.24) is 25.1 Å². The number of unbranched alkanes of at least 4 members (excludes halogenated alkanes) is 3. The number of para-hydroxylation sites is 2. The predicted octanol–water partition coefficient (Wildman–Crippen LogP) is 5.20. The second-order valence-corrected chi connectivity index (χ2v) is 8.86. The highest BCUT2D eigenvalue weighted by molar-refractivity contribution is 5.77. The minimum atomic E-state index is -0.457. The lowest BCUT2D eigenvalue weighted by Gasteiger charge is -2.19. The Morgan fingerprint density at radius 3 is 2.52 bits per heavy atom. The van der Waals surface area contributed by atoms with Crippen LogP contribution in [0.4, 0.5) is 4.79 Å². The number of carbonyl (C=O) groups excluding carboxylic acids is 1. The zero-order valence-electron chi connectivity index (χ0n) is 19.2. The molecule has 0 atom stereocenters. The van der Waals surface area contributed by atoms with Crippen molar-refractivity contribution in [2.24, 2.45) is 0 Å². The monoisotopic (exact) mass is 423 g/mol. The molecule has 31 heavy (non-hydrogen) atoms. The highest BCUT2D eigenvalue weighted by atomic mass is 16.6. The third-order valence-corrected chi connectivity index (χ3v) is 5.05. The van der Waals surface area contributed by atoms with Crippen molar-refractivity contribution in [3.63, 3.8) is 0 Å². The molecule has 0 aliphatic rings. The van der Waals surface area contributed by atoms with Crippen molar-refractivity contribution in [1.29, 1.82) is 0 Å². The highest BCUT2D eigenvalue weighted by Crippen LogP contribution is 2.26. The van der Waals surface area contributed by atoms with Crippen LogP contribution in [0.25, 0.3) is 22.3 Å². The first-order valence-electron chi connectivity index (χ1n) is 11.0. The number of nitrogens with zero attached hydrogens (tertiary/aromatic N) is 4. The number of aromatic nitrogens is 4. The maximum atomic E-state index is 11.6. The summed E-state index contributed by atoms with van der Waals surface area (Å²) < 4.78 is 7.31. The van der Waals surface area contributed by atoms with Crippen LogP contribution in [0.3, 0.4) is 0 Å². The Balaban J connectivity index is 1.48. The van der Waals surface area contributed by atoms with Crippen molar-refractivity contribution < 1.29 is 9.53 Å². The molecule has 3 aromatic rings. The summed E-state index contributed by atoms with van der Waals surface area (Å²) in [4.78, 5) is 21.0. The maximum absolute atomic E-state index is 11.6. The number of rotatable bonds is 8. The van der Waals surface area contributed by atoms with Crippen LogP contribution in [0.2, 0.25) is 0 Å². The van der Waals surface area contributed by atoms with Crippen LogP contribution in [0, 0.1) is 13.8 Å². The third kappa shape index (κ3) is 6.26. The normalized spacial score (nSPS) is 11.6. The second-order valence-electron chi connectivity index (χ2n) is 8.86. The van der Waals surface area contributed by atoms with E-state index >= 15 is 0 Å². The summed E-state index contributed by atoms with van der Waals surface area (Å²) in [5.41, 5.74) is 5.37. The number of alkyl carbamates (subject to hydrolysis) is 1. The number of hydrogen-bond donors (Lipinski definition) is 1. The minimum absolute atomic E-state index is 0.348. The Hall–Kier alpha value is -2.96. The van der Waals surface area contributed by atoms with E-state index in [1.807, 2.05) is 58.2 Å². The van der Waals surface area contributed by atoms with Gasteiger partial charge >= 0.3 is 6.09 Å². The Morgan fingerprint density at radius 2 is 1.77 bits per heavy atom. The number of amides is 1. The molecule has 0 bridgehead atoms. The molecule has 0 aliphatic heterocycles. The lowest BCUT2D eigenvalue weighted by molar-refractivity contribution is 0.0527. The molecule has 1 aromatic carbocycles. The molecule has 1 amide bonds. The van der Waals surface area contributed by atoms with Gasteiger partial charge in [-0.15, -0.1) is 0 Å². The molecule has 0 saturated heterocycles. The van der Waals surface area contributed by atoms with Gasteiger partial charge in [-0.1, -0.05) is 25.0 Å². The average Bonchev–Trinajstić information content (AvgIpc) is 2.98. The molecule has 0 aliphatic carbocycles. The zero-order valence-corrected chi connectivity index (χ0v) is 19.2. The van der Waals surface area contributed by atoms with Crippen molar-refractivity contribution in [2.45, 2.75) is 72.4 Å². The van der Waals surface area contributed by atoms with Gasteiger partial charge in [-0.05, 0) is 59.6 Å². The van der Waals surface area contributed by atoms with Gasteiger partial charge in [-0.2, -0.15) is 5.10 Å². The van der Waals surface area contributed by atoms with E-state index in [1.54, 1.807) is 0 Å². The molecule has 166 valence electrons. The van der Waals surface area contributed by atoms with Crippen molar-refractivity contribution in [3.8, 4) is 11.3 Å². The van der Waals surface area contributed by atoms with Crippen LogP contribution in [-0.2, 0) is 11.3 Å². The molecule has 0 unspecified atom stereocenters. The summed E-state index contributed by atoms with van der Waals surface area (Å²) in [6.07, 6.45) is 5.60. The number of nitrogens with one attached hydrogen (secondary N) is 1. The average molecular weight is 424 g/mol. The Morgan fingerprint density at radius 1 is 1.06 bits per heavy atom. The van der Waals surface area contributed by atoms with Crippen LogP contribution in [0.1, 0.15) is 57.8 Å². The van der Waals surface area contributed by atoms with Gasteiger partial charge in [0.1, 0.15) is 5.60 Å². The van der Waals surface area contributed by atoms with Gasteiger partial charge in [0, 0.05) is 24.3 Å². The van der Waals surface area contributed by atoms with Gasteiger partial charge in [0.05, 0.1) is 28.6 Å². The fraction of sp³-hybridized carbons (Fsp3) is 0.500. The first-order valence-corrected chi connectivity index (χ1v) is 11.0. The van der Waals surface area contributed by atoms with Crippen LogP contribution in [0.5, 0.6) is 0 Å². The number of fused-ring (bicyclic) bond motifs is 1. The van der Waals surface area contributed by atoms with Crippen molar-refractivity contribution in [3.05, 3.63) is 41.9 Å². The molecular formula is C24H33N5O2. The summed E-state index contributed by atoms with van der Waals surface area (Å²) in [5.74, 6) is 0. The number of carbonyl (C=O) groups is 1. The standard InChI is InChI=1S/C24H33N5O2/c1-17-22(21-16-26-19-12-8-9-13-20(19)27-21)18(2)29(28-17)15-11-7-6-10-14-25-23(30)31-24(3,4)5/h8-9,12-13,16H,6-7,10-11,14-15H2,1-5H3,(H,25,30). The predicted molar refractivity (Wildman–Crippen MR) is 123 cm³/mol. The molecule has 7 heteroatoms. The van der Waals surface area contributed by atoms with E-state index in [1.165, 1.54) is 0 Å². The Bertz CT molecular complexity index is 1040. The van der Waals surface area contributed by atoms with E-state index in [9.17, 15) is 4.79 Å². The lowest BCUT2D eigenvalue weighted by Crippen LogP contribution is -2.32. The fourth-order valence-corrected chi connectivity index (χ4v) is 3.61. The van der Waals surface area contributed by atoms with E-state index < -0.39 is 5.60 Å². The second kappa shape index (κ2) is 9.90. The van der Waals surface area contributed by atoms with Gasteiger partial charge in [0.2, 0.25) is 0 Å². The first kappa shape index (κ1) is 22.7. The maximum Gasteiger partial charge on any atom is 0.407 e. The summed E-state index contributed by atoms with van der Waals surface area (Å²) >= 11 is 0. The van der Waals surface area contributed by atoms with Crippen molar-refractivity contribution >= 4 is 17.1 Å². The van der Waals surface area contributed by atoms with E-state index in [2.05, 4.69) is 21.9 Å². The Kier molecular flexibility index (Phi) is 7.25. The molecule has 3 rings (SSSR count). The number of aryl methyl sites for hydroxylation is 2. The first-order chi connectivity index (χ1) is 14.7. The van der Waals surface area contributed by atoms with Crippen LogP contribution in [-0.4, -0.2) is 38.0 Å². The van der Waals surface area contributed by atoms with E-state index in [4.69, 9.17) is 14.8 Å². The highest BCUT2D eigenvalue weighted by Gasteiger charge is 2.16. The molecular weight excluding hydrogens is 390 g/mol. The number of hydrogen-bond acceptors (Lipinski definition) is 5. The van der Waals surface area contributed by atoms with Gasteiger partial charge in [-0.25, -0.2) is 9.78 Å². The topological polar surface area (TPSA) is 81.9 Å². The summed E-state index contributed by atoms with van der Waals surface area (Å²) in [7, 11) is 0. The summed E-state index contributed by atoms with van der Waals surface area (Å²) in [6, 6.07) is 7.91. The molecule has 2 aromatic heterocycles. The van der Waals surface area contributed by atoms with Gasteiger partial charge in [0.15, 0.2) is 0 Å². The van der Waals surface area contributed by atoms with E-state index in [-0.39, 0.29) is 6.09 Å². The quantitative estimate of drug-likeness (QED) is 0.504. The molecule has 0 fully saturated rings. The smallest absolute Gasteiger partial charge is 0.407 e. The molecule has 1 N–H and O–H groups in total. The largest absolute Gasteiger partial charge is 0.444 e. The minimum Gasteiger partial charge on any atom is -0.444 e. The lowest BCUT2D eigenvalue weighted by atomic mass is 10.1. The fourth-order valence-electron chi connectivity index (χ4n) is 3.61.